The van der Waals surface area contributed by atoms with E-state index in [0.717, 1.165) is 12.2 Å². The number of hydrogen-bond donors (Lipinski definition) is 2. The molecule has 2 fully saturated rings. The first-order valence-corrected chi connectivity index (χ1v) is 4.27. The van der Waals surface area contributed by atoms with Crippen LogP contribution in [0.5, 0.6) is 0 Å². The Balaban J connectivity index is 1.87. The molecule has 0 aromatic carbocycles. The van der Waals surface area contributed by atoms with Crippen molar-refractivity contribution in [3.05, 3.63) is 18.0 Å². The molecule has 1 aliphatic heterocycles. The van der Waals surface area contributed by atoms with Crippen molar-refractivity contribution in [1.29, 1.82) is 0 Å². The molecule has 3 rings (SSSR count). The third kappa shape index (κ3) is 0.711. The summed E-state index contributed by atoms with van der Waals surface area (Å²) < 4.78 is 4.80. The standard InChI is InChI=1S/C8H11N3O/c9-7-4-3-10-8(6(4)7)5-1-2-12-11-5/h1-2,4,6-8,10H,3,9H2. The number of nitrogens with one attached hydrogen (secondary N) is 1. The molecule has 12 heavy (non-hydrogen) atoms. The maximum Gasteiger partial charge on any atom is 0.124 e. The zero-order valence-corrected chi connectivity index (χ0v) is 6.60. The van der Waals surface area contributed by atoms with Gasteiger partial charge in [0.15, 0.2) is 0 Å². The molecule has 0 spiro atoms. The van der Waals surface area contributed by atoms with Crippen molar-refractivity contribution in [2.24, 2.45) is 17.6 Å². The van der Waals surface area contributed by atoms with E-state index in [0.29, 0.717) is 23.9 Å². The summed E-state index contributed by atoms with van der Waals surface area (Å²) in [6, 6.07) is 2.63. The molecular weight excluding hydrogens is 154 g/mol. The zero-order chi connectivity index (χ0) is 8.13. The van der Waals surface area contributed by atoms with Crippen LogP contribution in [0.2, 0.25) is 0 Å². The van der Waals surface area contributed by atoms with Gasteiger partial charge in [-0.3, -0.25) is 0 Å². The van der Waals surface area contributed by atoms with Gasteiger partial charge in [0.1, 0.15) is 12.0 Å². The molecule has 0 amide bonds. The molecule has 1 aromatic heterocycles. The van der Waals surface area contributed by atoms with Crippen molar-refractivity contribution in [3.8, 4) is 0 Å². The lowest BCUT2D eigenvalue weighted by Gasteiger charge is -2.10. The number of nitrogens with zero attached hydrogens (tertiary/aromatic N) is 1. The summed E-state index contributed by atoms with van der Waals surface area (Å²) in [5.41, 5.74) is 6.87. The second-order valence-electron chi connectivity index (χ2n) is 3.63. The topological polar surface area (TPSA) is 64.1 Å². The van der Waals surface area contributed by atoms with E-state index in [1.807, 2.05) is 6.07 Å². The smallest absolute Gasteiger partial charge is 0.124 e. The molecule has 3 N–H and O–H groups in total. The van der Waals surface area contributed by atoms with Crippen LogP contribution in [0.25, 0.3) is 0 Å². The Labute approximate surface area is 70.1 Å². The normalized spacial score (nSPS) is 44.4. The summed E-state index contributed by atoms with van der Waals surface area (Å²) in [7, 11) is 0. The first-order chi connectivity index (χ1) is 5.88. The Morgan fingerprint density at radius 3 is 3.17 bits per heavy atom. The molecule has 4 atom stereocenters. The number of nitrogens with two attached hydrogens (primary N) is 1. The van der Waals surface area contributed by atoms with E-state index in [1.165, 1.54) is 0 Å². The molecule has 1 saturated carbocycles. The molecule has 2 heterocycles. The van der Waals surface area contributed by atoms with Gasteiger partial charge in [0.2, 0.25) is 0 Å². The molecule has 4 nitrogen and oxygen atoms in total. The van der Waals surface area contributed by atoms with Crippen LogP contribution in [0.1, 0.15) is 11.7 Å². The molecule has 1 aromatic rings. The fourth-order valence-electron chi connectivity index (χ4n) is 2.25. The minimum absolute atomic E-state index is 0.337. The molecule has 1 aliphatic carbocycles. The van der Waals surface area contributed by atoms with E-state index >= 15 is 0 Å². The van der Waals surface area contributed by atoms with Crippen LogP contribution in [0.4, 0.5) is 0 Å². The Morgan fingerprint density at radius 2 is 2.58 bits per heavy atom. The Morgan fingerprint density at radius 1 is 1.67 bits per heavy atom. The minimum atomic E-state index is 0.337. The van der Waals surface area contributed by atoms with Gasteiger partial charge in [-0.15, -0.1) is 0 Å². The largest absolute Gasteiger partial charge is 0.364 e. The van der Waals surface area contributed by atoms with Gasteiger partial charge in [-0.2, -0.15) is 0 Å². The molecule has 1 saturated heterocycles. The second kappa shape index (κ2) is 2.08. The minimum Gasteiger partial charge on any atom is -0.364 e. The number of rotatable bonds is 1. The third-order valence-electron chi connectivity index (χ3n) is 3.03. The van der Waals surface area contributed by atoms with Crippen molar-refractivity contribution in [1.82, 2.24) is 10.5 Å². The summed E-state index contributed by atoms with van der Waals surface area (Å²) in [5, 5.41) is 7.30. The fourth-order valence-corrected chi connectivity index (χ4v) is 2.25. The highest BCUT2D eigenvalue weighted by Gasteiger charge is 2.57. The maximum atomic E-state index is 5.87. The van der Waals surface area contributed by atoms with Crippen molar-refractivity contribution in [2.45, 2.75) is 12.1 Å². The summed E-state index contributed by atoms with van der Waals surface area (Å²) in [5.74, 6) is 1.27. The first-order valence-electron chi connectivity index (χ1n) is 4.27. The quantitative estimate of drug-likeness (QED) is 0.609. The fraction of sp³-hybridized carbons (Fsp3) is 0.625. The molecule has 0 radical (unpaired) electrons. The predicted octanol–water partition coefficient (Wildman–Crippen LogP) is -0.108. The molecule has 4 heteroatoms. The van der Waals surface area contributed by atoms with Gasteiger partial charge < -0.3 is 15.6 Å². The third-order valence-corrected chi connectivity index (χ3v) is 3.03. The SMILES string of the molecule is NC1C2CNC(c3ccon3)C12. The van der Waals surface area contributed by atoms with Crippen LogP contribution in [0.15, 0.2) is 16.9 Å². The highest BCUT2D eigenvalue weighted by atomic mass is 16.5. The van der Waals surface area contributed by atoms with Crippen molar-refractivity contribution in [3.63, 3.8) is 0 Å². The lowest BCUT2D eigenvalue weighted by molar-refractivity contribution is 0.394. The van der Waals surface area contributed by atoms with Gasteiger partial charge in [0, 0.05) is 24.6 Å². The van der Waals surface area contributed by atoms with Crippen LogP contribution in [-0.4, -0.2) is 17.7 Å². The van der Waals surface area contributed by atoms with Gasteiger partial charge in [-0.1, -0.05) is 5.16 Å². The first kappa shape index (κ1) is 6.62. The summed E-state index contributed by atoms with van der Waals surface area (Å²) in [6.45, 7) is 1.03. The van der Waals surface area contributed by atoms with Crippen LogP contribution in [0, 0.1) is 11.8 Å². The van der Waals surface area contributed by atoms with E-state index in [9.17, 15) is 0 Å². The van der Waals surface area contributed by atoms with E-state index in [2.05, 4.69) is 10.5 Å². The van der Waals surface area contributed by atoms with E-state index in [4.69, 9.17) is 10.3 Å². The Bertz CT molecular complexity index is 285. The van der Waals surface area contributed by atoms with E-state index in [1.54, 1.807) is 6.26 Å². The van der Waals surface area contributed by atoms with Gasteiger partial charge in [-0.25, -0.2) is 0 Å². The Hall–Kier alpha value is -0.870. The van der Waals surface area contributed by atoms with Crippen LogP contribution >= 0.6 is 0 Å². The number of fused-ring (bicyclic) bond motifs is 1. The number of aromatic nitrogens is 1. The molecule has 4 unspecified atom stereocenters. The molecule has 2 aliphatic rings. The van der Waals surface area contributed by atoms with Crippen LogP contribution in [-0.2, 0) is 0 Å². The maximum absolute atomic E-state index is 5.87. The lowest BCUT2D eigenvalue weighted by Crippen LogP contribution is -2.25. The average Bonchev–Trinajstić information content (AvgIpc) is 2.65. The summed E-state index contributed by atoms with van der Waals surface area (Å²) in [6.07, 6.45) is 1.61. The summed E-state index contributed by atoms with van der Waals surface area (Å²) >= 11 is 0. The van der Waals surface area contributed by atoms with Crippen molar-refractivity contribution >= 4 is 0 Å². The predicted molar refractivity (Wildman–Crippen MR) is 42.2 cm³/mol. The number of piperidine rings is 1. The average molecular weight is 165 g/mol. The second-order valence-corrected chi connectivity index (χ2v) is 3.63. The monoisotopic (exact) mass is 165 g/mol. The van der Waals surface area contributed by atoms with Crippen LogP contribution < -0.4 is 11.1 Å². The zero-order valence-electron chi connectivity index (χ0n) is 6.60. The lowest BCUT2D eigenvalue weighted by atomic mass is 10.1. The van der Waals surface area contributed by atoms with Gasteiger partial charge in [-0.05, 0) is 5.92 Å². The van der Waals surface area contributed by atoms with E-state index < -0.39 is 0 Å². The van der Waals surface area contributed by atoms with Gasteiger partial charge in [0.25, 0.3) is 0 Å². The summed E-state index contributed by atoms with van der Waals surface area (Å²) in [4.78, 5) is 0. The molecule has 64 valence electrons. The molecular formula is C8H11N3O. The van der Waals surface area contributed by atoms with Gasteiger partial charge in [0.05, 0.1) is 6.04 Å². The van der Waals surface area contributed by atoms with Gasteiger partial charge >= 0.3 is 0 Å². The van der Waals surface area contributed by atoms with Crippen molar-refractivity contribution < 1.29 is 4.52 Å². The molecule has 0 bridgehead atoms. The Kier molecular flexibility index (Phi) is 1.15. The number of hydrogen-bond acceptors (Lipinski definition) is 4. The highest BCUT2D eigenvalue weighted by Crippen LogP contribution is 2.50. The van der Waals surface area contributed by atoms with Crippen LogP contribution in [0.3, 0.4) is 0 Å². The van der Waals surface area contributed by atoms with Crippen molar-refractivity contribution in [2.75, 3.05) is 6.54 Å². The highest BCUT2D eigenvalue weighted by molar-refractivity contribution is 5.20. The van der Waals surface area contributed by atoms with E-state index in [-0.39, 0.29) is 0 Å².